The van der Waals surface area contributed by atoms with Gasteiger partial charge in [0.2, 0.25) is 0 Å². The summed E-state index contributed by atoms with van der Waals surface area (Å²) in [6.45, 7) is 3.19. The van der Waals surface area contributed by atoms with E-state index < -0.39 is 0 Å². The van der Waals surface area contributed by atoms with Crippen molar-refractivity contribution in [2.75, 3.05) is 18.0 Å². The maximum atomic E-state index is 12.6. The molecule has 2 N–H and O–H groups in total. The highest BCUT2D eigenvalue weighted by molar-refractivity contribution is 6.06. The Morgan fingerprint density at radius 3 is 2.90 bits per heavy atom. The third kappa shape index (κ3) is 2.02. The molecular formula is C16H18N2O2. The Kier molecular flexibility index (Phi) is 3.32. The Hall–Kier alpha value is -2.07. The van der Waals surface area contributed by atoms with Gasteiger partial charge in [0.15, 0.2) is 5.76 Å². The number of carbonyl (C=O) groups is 1. The van der Waals surface area contributed by atoms with E-state index >= 15 is 0 Å². The minimum atomic E-state index is -0.0699. The van der Waals surface area contributed by atoms with Crippen LogP contribution in [-0.2, 0) is 0 Å². The number of hydrogen-bond donors (Lipinski definition) is 1. The number of anilines is 1. The fraction of sp³-hybridized carbons (Fsp3) is 0.312. The van der Waals surface area contributed by atoms with Crippen LogP contribution in [0.15, 0.2) is 41.0 Å². The molecule has 0 radical (unpaired) electrons. The number of furan rings is 1. The maximum absolute atomic E-state index is 12.6. The predicted octanol–water partition coefficient (Wildman–Crippen LogP) is 2.68. The van der Waals surface area contributed by atoms with Crippen molar-refractivity contribution in [3.05, 3.63) is 53.5 Å². The molecule has 20 heavy (non-hydrogen) atoms. The monoisotopic (exact) mass is 270 g/mol. The zero-order valence-electron chi connectivity index (χ0n) is 11.5. The van der Waals surface area contributed by atoms with Gasteiger partial charge < -0.3 is 15.1 Å². The van der Waals surface area contributed by atoms with Gasteiger partial charge in [-0.05, 0) is 37.6 Å². The zero-order valence-corrected chi connectivity index (χ0v) is 11.5. The summed E-state index contributed by atoms with van der Waals surface area (Å²) in [6.07, 6.45) is 2.44. The van der Waals surface area contributed by atoms with Crippen LogP contribution in [0.4, 0.5) is 5.69 Å². The van der Waals surface area contributed by atoms with Gasteiger partial charge in [0, 0.05) is 23.7 Å². The van der Waals surface area contributed by atoms with Crippen molar-refractivity contribution in [1.29, 1.82) is 0 Å². The second-order valence-electron chi connectivity index (χ2n) is 5.18. The minimum Gasteiger partial charge on any atom is -0.459 e. The van der Waals surface area contributed by atoms with Crippen LogP contribution in [0.1, 0.15) is 34.0 Å². The Balaban J connectivity index is 1.96. The SMILES string of the molecule is Cc1ccoc1C(=O)N1CC(CCN)c2ccccc21. The Morgan fingerprint density at radius 1 is 1.40 bits per heavy atom. The molecule has 1 aromatic heterocycles. The summed E-state index contributed by atoms with van der Waals surface area (Å²) in [6, 6.07) is 9.85. The van der Waals surface area contributed by atoms with Gasteiger partial charge in [-0.2, -0.15) is 0 Å². The normalized spacial score (nSPS) is 17.3. The molecule has 2 heterocycles. The number of benzene rings is 1. The number of nitrogens with zero attached hydrogens (tertiary/aromatic N) is 1. The molecule has 1 unspecified atom stereocenters. The number of carbonyl (C=O) groups excluding carboxylic acids is 1. The average Bonchev–Trinajstić information content (AvgIpc) is 3.03. The first kappa shape index (κ1) is 12.9. The van der Waals surface area contributed by atoms with Gasteiger partial charge in [-0.1, -0.05) is 18.2 Å². The third-order valence-corrected chi connectivity index (χ3v) is 3.89. The summed E-state index contributed by atoms with van der Waals surface area (Å²) in [5, 5.41) is 0. The number of aryl methyl sites for hydroxylation is 1. The Bertz CT molecular complexity index is 633. The van der Waals surface area contributed by atoms with E-state index in [1.54, 1.807) is 6.26 Å². The highest BCUT2D eigenvalue weighted by atomic mass is 16.3. The van der Waals surface area contributed by atoms with Crippen LogP contribution < -0.4 is 10.6 Å². The fourth-order valence-electron chi connectivity index (χ4n) is 2.85. The molecule has 104 valence electrons. The number of rotatable bonds is 3. The van der Waals surface area contributed by atoms with Gasteiger partial charge in [-0.25, -0.2) is 0 Å². The first-order valence-corrected chi connectivity index (χ1v) is 6.87. The smallest absolute Gasteiger partial charge is 0.294 e. The molecule has 0 saturated carbocycles. The van der Waals surface area contributed by atoms with Crippen molar-refractivity contribution in [1.82, 2.24) is 0 Å². The molecule has 4 nitrogen and oxygen atoms in total. The molecule has 0 spiro atoms. The van der Waals surface area contributed by atoms with E-state index in [9.17, 15) is 4.79 Å². The minimum absolute atomic E-state index is 0.0699. The van der Waals surface area contributed by atoms with E-state index in [1.165, 1.54) is 5.56 Å². The van der Waals surface area contributed by atoms with Crippen molar-refractivity contribution in [2.24, 2.45) is 5.73 Å². The number of hydrogen-bond acceptors (Lipinski definition) is 3. The second kappa shape index (κ2) is 5.13. The molecule has 1 aliphatic heterocycles. The van der Waals surface area contributed by atoms with Gasteiger partial charge >= 0.3 is 0 Å². The van der Waals surface area contributed by atoms with Crippen molar-refractivity contribution in [3.63, 3.8) is 0 Å². The van der Waals surface area contributed by atoms with Crippen LogP contribution in [0.2, 0.25) is 0 Å². The lowest BCUT2D eigenvalue weighted by Gasteiger charge is -2.16. The zero-order chi connectivity index (χ0) is 14.1. The third-order valence-electron chi connectivity index (χ3n) is 3.89. The van der Waals surface area contributed by atoms with Gasteiger partial charge in [0.05, 0.1) is 6.26 Å². The molecular weight excluding hydrogens is 252 g/mol. The summed E-state index contributed by atoms with van der Waals surface area (Å²) in [5.74, 6) is 0.670. The Labute approximate surface area is 118 Å². The lowest BCUT2D eigenvalue weighted by Crippen LogP contribution is -2.30. The molecule has 0 bridgehead atoms. The van der Waals surface area contributed by atoms with E-state index in [0.717, 1.165) is 17.7 Å². The molecule has 1 aromatic carbocycles. The number of amides is 1. The van der Waals surface area contributed by atoms with E-state index in [-0.39, 0.29) is 5.91 Å². The van der Waals surface area contributed by atoms with Crippen molar-refractivity contribution in [3.8, 4) is 0 Å². The Morgan fingerprint density at radius 2 is 2.20 bits per heavy atom. The highest BCUT2D eigenvalue weighted by Gasteiger charge is 2.33. The van der Waals surface area contributed by atoms with Crippen molar-refractivity contribution in [2.45, 2.75) is 19.3 Å². The summed E-state index contributed by atoms with van der Waals surface area (Å²) >= 11 is 0. The lowest BCUT2D eigenvalue weighted by atomic mass is 9.98. The van der Waals surface area contributed by atoms with Crippen LogP contribution in [0.3, 0.4) is 0 Å². The molecule has 4 heteroatoms. The molecule has 0 fully saturated rings. The topological polar surface area (TPSA) is 59.5 Å². The summed E-state index contributed by atoms with van der Waals surface area (Å²) < 4.78 is 5.33. The van der Waals surface area contributed by atoms with E-state index in [2.05, 4.69) is 6.07 Å². The van der Waals surface area contributed by atoms with Crippen LogP contribution in [-0.4, -0.2) is 19.0 Å². The first-order chi connectivity index (χ1) is 9.72. The number of fused-ring (bicyclic) bond motifs is 1. The lowest BCUT2D eigenvalue weighted by molar-refractivity contribution is 0.0960. The summed E-state index contributed by atoms with van der Waals surface area (Å²) in [5.41, 5.74) is 8.74. The van der Waals surface area contributed by atoms with Gasteiger partial charge in [0.1, 0.15) is 0 Å². The molecule has 0 saturated heterocycles. The van der Waals surface area contributed by atoms with Crippen molar-refractivity contribution < 1.29 is 9.21 Å². The van der Waals surface area contributed by atoms with Crippen LogP contribution in [0, 0.1) is 6.92 Å². The number of para-hydroxylation sites is 1. The van der Waals surface area contributed by atoms with Crippen LogP contribution in [0.5, 0.6) is 0 Å². The van der Waals surface area contributed by atoms with E-state index in [1.807, 2.05) is 36.1 Å². The first-order valence-electron chi connectivity index (χ1n) is 6.87. The summed E-state index contributed by atoms with van der Waals surface area (Å²) in [7, 11) is 0. The van der Waals surface area contributed by atoms with Crippen LogP contribution >= 0.6 is 0 Å². The molecule has 3 rings (SSSR count). The highest BCUT2D eigenvalue weighted by Crippen LogP contribution is 2.38. The molecule has 1 aliphatic rings. The average molecular weight is 270 g/mol. The van der Waals surface area contributed by atoms with Crippen LogP contribution in [0.25, 0.3) is 0 Å². The largest absolute Gasteiger partial charge is 0.459 e. The van der Waals surface area contributed by atoms with Gasteiger partial charge in [-0.3, -0.25) is 4.79 Å². The predicted molar refractivity (Wildman–Crippen MR) is 78.0 cm³/mol. The fourth-order valence-corrected chi connectivity index (χ4v) is 2.85. The van der Waals surface area contributed by atoms with E-state index in [4.69, 9.17) is 10.2 Å². The molecule has 2 aromatic rings. The van der Waals surface area contributed by atoms with E-state index in [0.29, 0.717) is 24.8 Å². The summed E-state index contributed by atoms with van der Waals surface area (Å²) in [4.78, 5) is 14.4. The van der Waals surface area contributed by atoms with Gasteiger partial charge in [-0.15, -0.1) is 0 Å². The molecule has 1 amide bonds. The maximum Gasteiger partial charge on any atom is 0.294 e. The van der Waals surface area contributed by atoms with Gasteiger partial charge in [0.25, 0.3) is 5.91 Å². The molecule has 0 aliphatic carbocycles. The van der Waals surface area contributed by atoms with Crippen molar-refractivity contribution >= 4 is 11.6 Å². The second-order valence-corrected chi connectivity index (χ2v) is 5.18. The molecule has 1 atom stereocenters. The number of nitrogens with two attached hydrogens (primary N) is 1. The quantitative estimate of drug-likeness (QED) is 0.932. The standard InChI is InChI=1S/C16H18N2O2/c1-11-7-9-20-15(11)16(19)18-10-12(6-8-17)13-4-2-3-5-14(13)18/h2-5,7,9,12H,6,8,10,17H2,1H3.